The first-order valence-corrected chi connectivity index (χ1v) is 7.37. The van der Waals surface area contributed by atoms with E-state index in [1.165, 1.54) is 6.07 Å². The molecule has 0 saturated carbocycles. The van der Waals surface area contributed by atoms with Gasteiger partial charge in [0.2, 0.25) is 0 Å². The molecule has 1 aromatic carbocycles. The summed E-state index contributed by atoms with van der Waals surface area (Å²) in [5.74, 6) is -0.198. The monoisotopic (exact) mass is 332 g/mol. The molecular weight excluding hydrogens is 323 g/mol. The maximum Gasteiger partial charge on any atom is 0.123 e. The van der Waals surface area contributed by atoms with Crippen LogP contribution < -0.4 is 0 Å². The third-order valence-electron chi connectivity index (χ3n) is 2.51. The summed E-state index contributed by atoms with van der Waals surface area (Å²) >= 11 is 11.5. The molecule has 17 heavy (non-hydrogen) atoms. The van der Waals surface area contributed by atoms with E-state index in [0.29, 0.717) is 0 Å². The molecule has 0 nitrogen and oxygen atoms in total. The Balaban J connectivity index is 2.17. The van der Waals surface area contributed by atoms with Crippen molar-refractivity contribution in [2.75, 3.05) is 0 Å². The van der Waals surface area contributed by atoms with Crippen molar-refractivity contribution in [3.05, 3.63) is 56.5 Å². The van der Waals surface area contributed by atoms with E-state index in [1.807, 2.05) is 18.4 Å². The van der Waals surface area contributed by atoms with Crippen LogP contribution in [0.5, 0.6) is 0 Å². The van der Waals surface area contributed by atoms with E-state index in [4.69, 9.17) is 11.6 Å². The first kappa shape index (κ1) is 13.1. The van der Waals surface area contributed by atoms with Gasteiger partial charge in [-0.3, -0.25) is 0 Å². The lowest BCUT2D eigenvalue weighted by atomic mass is 10.1. The number of aryl methyl sites for hydroxylation is 1. The van der Waals surface area contributed by atoms with Gasteiger partial charge in [0.15, 0.2) is 0 Å². The maximum absolute atomic E-state index is 13.1. The van der Waals surface area contributed by atoms with E-state index in [9.17, 15) is 4.39 Å². The van der Waals surface area contributed by atoms with Gasteiger partial charge in [0.1, 0.15) is 5.82 Å². The summed E-state index contributed by atoms with van der Waals surface area (Å²) in [7, 11) is 0. The molecule has 0 radical (unpaired) electrons. The van der Waals surface area contributed by atoms with Crippen molar-refractivity contribution < 1.29 is 4.39 Å². The van der Waals surface area contributed by atoms with Crippen LogP contribution in [0.2, 0.25) is 5.02 Å². The molecular formula is C13H11BrClFS. The molecule has 0 bridgehead atoms. The lowest BCUT2D eigenvalue weighted by Gasteiger charge is -2.09. The normalized spacial score (nSPS) is 12.7. The van der Waals surface area contributed by atoms with Crippen LogP contribution in [-0.2, 0) is 6.42 Å². The van der Waals surface area contributed by atoms with Crippen LogP contribution in [0.4, 0.5) is 4.39 Å². The van der Waals surface area contributed by atoms with Crippen molar-refractivity contribution in [2.45, 2.75) is 18.2 Å². The Kier molecular flexibility index (Phi) is 4.23. The quantitative estimate of drug-likeness (QED) is 0.648. The Morgan fingerprint density at radius 1 is 1.47 bits per heavy atom. The van der Waals surface area contributed by atoms with Crippen LogP contribution in [0.3, 0.4) is 0 Å². The predicted molar refractivity (Wildman–Crippen MR) is 75.8 cm³/mol. The lowest BCUT2D eigenvalue weighted by Crippen LogP contribution is -1.94. The Morgan fingerprint density at radius 2 is 2.24 bits per heavy atom. The molecule has 1 atom stereocenters. The average Bonchev–Trinajstić information content (AvgIpc) is 2.60. The van der Waals surface area contributed by atoms with Gasteiger partial charge in [0.25, 0.3) is 0 Å². The average molecular weight is 334 g/mol. The Morgan fingerprint density at radius 3 is 2.82 bits per heavy atom. The zero-order chi connectivity index (χ0) is 12.4. The largest absolute Gasteiger partial charge is 0.207 e. The van der Waals surface area contributed by atoms with Gasteiger partial charge < -0.3 is 0 Å². The zero-order valence-electron chi connectivity index (χ0n) is 9.21. The fraction of sp³-hybridized carbons (Fsp3) is 0.231. The molecule has 0 spiro atoms. The molecule has 0 fully saturated rings. The smallest absolute Gasteiger partial charge is 0.123 e. The summed E-state index contributed by atoms with van der Waals surface area (Å²) in [5.41, 5.74) is 2.06. The standard InChI is InChI=1S/C13H11BrClFS/c1-8-7-17-13(12(8)15)11(14)6-9-3-2-4-10(16)5-9/h2-5,7,11H,6H2,1H3. The Labute approximate surface area is 118 Å². The third-order valence-corrected chi connectivity index (χ3v) is 5.43. The highest BCUT2D eigenvalue weighted by Crippen LogP contribution is 2.38. The zero-order valence-corrected chi connectivity index (χ0v) is 12.4. The van der Waals surface area contributed by atoms with Gasteiger partial charge in [0, 0.05) is 4.88 Å². The second kappa shape index (κ2) is 5.51. The van der Waals surface area contributed by atoms with Gasteiger partial charge in [-0.1, -0.05) is 39.7 Å². The molecule has 0 aliphatic rings. The van der Waals surface area contributed by atoms with Gasteiger partial charge in [0.05, 0.1) is 9.85 Å². The van der Waals surface area contributed by atoms with Crippen LogP contribution in [0.25, 0.3) is 0 Å². The van der Waals surface area contributed by atoms with Crippen LogP contribution in [0, 0.1) is 12.7 Å². The molecule has 2 rings (SSSR count). The molecule has 1 unspecified atom stereocenters. The van der Waals surface area contributed by atoms with E-state index in [1.54, 1.807) is 23.5 Å². The predicted octanol–water partition coefficient (Wildman–Crippen LogP) is 5.53. The van der Waals surface area contributed by atoms with Gasteiger partial charge >= 0.3 is 0 Å². The summed E-state index contributed by atoms with van der Waals surface area (Å²) in [4.78, 5) is 1.24. The molecule has 0 aliphatic carbocycles. The van der Waals surface area contributed by atoms with Gasteiger partial charge in [-0.05, 0) is 42.0 Å². The minimum atomic E-state index is -0.198. The van der Waals surface area contributed by atoms with Crippen LogP contribution in [0.1, 0.15) is 20.8 Å². The number of rotatable bonds is 3. The maximum atomic E-state index is 13.1. The van der Waals surface area contributed by atoms with Crippen molar-refractivity contribution in [1.29, 1.82) is 0 Å². The lowest BCUT2D eigenvalue weighted by molar-refractivity contribution is 0.625. The number of benzene rings is 1. The van der Waals surface area contributed by atoms with Gasteiger partial charge in [-0.15, -0.1) is 11.3 Å². The highest BCUT2D eigenvalue weighted by Gasteiger charge is 2.15. The highest BCUT2D eigenvalue weighted by molar-refractivity contribution is 9.09. The van der Waals surface area contributed by atoms with E-state index in [0.717, 1.165) is 27.4 Å². The third kappa shape index (κ3) is 3.09. The molecule has 0 saturated heterocycles. The molecule has 4 heteroatoms. The molecule has 90 valence electrons. The number of hydrogen-bond acceptors (Lipinski definition) is 1. The van der Waals surface area contributed by atoms with Crippen molar-refractivity contribution >= 4 is 38.9 Å². The van der Waals surface area contributed by atoms with Gasteiger partial charge in [-0.2, -0.15) is 0 Å². The van der Waals surface area contributed by atoms with Gasteiger partial charge in [-0.25, -0.2) is 4.39 Å². The summed E-state index contributed by atoms with van der Waals surface area (Å²) < 4.78 is 13.1. The Bertz CT molecular complexity index is 524. The molecule has 0 aliphatic heterocycles. The topological polar surface area (TPSA) is 0 Å². The van der Waals surface area contributed by atoms with E-state index >= 15 is 0 Å². The van der Waals surface area contributed by atoms with Crippen molar-refractivity contribution in [3.63, 3.8) is 0 Å². The van der Waals surface area contributed by atoms with E-state index in [-0.39, 0.29) is 10.6 Å². The second-order valence-electron chi connectivity index (χ2n) is 3.90. The number of alkyl halides is 1. The van der Waals surface area contributed by atoms with E-state index in [2.05, 4.69) is 15.9 Å². The summed E-state index contributed by atoms with van der Waals surface area (Å²) in [6.45, 7) is 1.99. The number of thiophene rings is 1. The van der Waals surface area contributed by atoms with Crippen LogP contribution in [0.15, 0.2) is 29.6 Å². The van der Waals surface area contributed by atoms with Crippen molar-refractivity contribution in [3.8, 4) is 0 Å². The fourth-order valence-corrected chi connectivity index (χ4v) is 3.98. The van der Waals surface area contributed by atoms with Crippen LogP contribution in [-0.4, -0.2) is 0 Å². The van der Waals surface area contributed by atoms with Crippen LogP contribution >= 0.6 is 38.9 Å². The minimum Gasteiger partial charge on any atom is -0.207 e. The second-order valence-corrected chi connectivity index (χ2v) is 6.29. The molecule has 0 N–H and O–H groups in total. The molecule has 2 aromatic rings. The SMILES string of the molecule is Cc1csc(C(Br)Cc2cccc(F)c2)c1Cl. The Hall–Kier alpha value is -0.380. The first-order valence-electron chi connectivity index (χ1n) is 5.20. The van der Waals surface area contributed by atoms with Crippen molar-refractivity contribution in [2.24, 2.45) is 0 Å². The molecule has 1 heterocycles. The summed E-state index contributed by atoms with van der Waals surface area (Å²) in [5, 5.41) is 2.85. The van der Waals surface area contributed by atoms with Crippen molar-refractivity contribution in [1.82, 2.24) is 0 Å². The highest BCUT2D eigenvalue weighted by atomic mass is 79.9. The fourth-order valence-electron chi connectivity index (χ4n) is 1.62. The molecule has 0 amide bonds. The first-order chi connectivity index (χ1) is 8.08. The molecule has 1 aromatic heterocycles. The number of halogens is 3. The minimum absolute atomic E-state index is 0.135. The van der Waals surface area contributed by atoms with E-state index < -0.39 is 0 Å². The summed E-state index contributed by atoms with van der Waals surface area (Å²) in [6, 6.07) is 6.66. The summed E-state index contributed by atoms with van der Waals surface area (Å²) in [6.07, 6.45) is 0.734. The number of hydrogen-bond donors (Lipinski definition) is 0.